The van der Waals surface area contributed by atoms with Crippen molar-refractivity contribution in [2.45, 2.75) is 4.90 Å². The maximum Gasteiger partial charge on any atom is 0.261 e. The van der Waals surface area contributed by atoms with Gasteiger partial charge in [0.05, 0.1) is 21.8 Å². The van der Waals surface area contributed by atoms with E-state index in [0.717, 1.165) is 42.8 Å². The molecule has 0 bridgehead atoms. The number of sulfonamides is 1. The number of benzene rings is 2. The standard InChI is InChI=1S/C20H22N4O2S.ClH/c1-23-12-14-24(15-13-23)19-10-9-18(17-8-5-11-21-20(17)19)22-27(25,26)16-6-3-2-4-7-16;/h2-11,22H,12-15H2,1H3;1H. The van der Waals surface area contributed by atoms with Crippen molar-refractivity contribution < 1.29 is 8.42 Å². The van der Waals surface area contributed by atoms with E-state index in [1.54, 1.807) is 36.5 Å². The summed E-state index contributed by atoms with van der Waals surface area (Å²) >= 11 is 0. The van der Waals surface area contributed by atoms with Crippen molar-refractivity contribution >= 4 is 44.7 Å². The highest BCUT2D eigenvalue weighted by Crippen LogP contribution is 2.32. The number of piperazine rings is 1. The quantitative estimate of drug-likeness (QED) is 0.704. The van der Waals surface area contributed by atoms with Crippen LogP contribution in [0, 0.1) is 0 Å². The van der Waals surface area contributed by atoms with Gasteiger partial charge in [-0.3, -0.25) is 9.71 Å². The molecule has 0 spiro atoms. The zero-order chi connectivity index (χ0) is 18.9. The molecule has 3 aromatic rings. The molecule has 0 saturated carbocycles. The van der Waals surface area contributed by atoms with Gasteiger partial charge in [0.15, 0.2) is 0 Å². The number of aromatic nitrogens is 1. The second kappa shape index (κ2) is 8.34. The number of hydrogen-bond donors (Lipinski definition) is 1. The van der Waals surface area contributed by atoms with Crippen LogP contribution < -0.4 is 9.62 Å². The Morgan fingerprint density at radius 1 is 0.929 bits per heavy atom. The number of nitrogens with zero attached hydrogens (tertiary/aromatic N) is 3. The number of fused-ring (bicyclic) bond motifs is 1. The van der Waals surface area contributed by atoms with E-state index < -0.39 is 10.0 Å². The summed E-state index contributed by atoms with van der Waals surface area (Å²) in [6.07, 6.45) is 1.75. The molecule has 2 aromatic carbocycles. The van der Waals surface area contributed by atoms with E-state index in [0.29, 0.717) is 5.69 Å². The van der Waals surface area contributed by atoms with Crippen LogP contribution in [0.15, 0.2) is 65.7 Å². The van der Waals surface area contributed by atoms with Gasteiger partial charge >= 0.3 is 0 Å². The summed E-state index contributed by atoms with van der Waals surface area (Å²) in [7, 11) is -1.53. The van der Waals surface area contributed by atoms with Gasteiger partial charge in [-0.25, -0.2) is 8.42 Å². The monoisotopic (exact) mass is 418 g/mol. The van der Waals surface area contributed by atoms with Crippen molar-refractivity contribution in [1.29, 1.82) is 0 Å². The van der Waals surface area contributed by atoms with E-state index in [9.17, 15) is 8.42 Å². The van der Waals surface area contributed by atoms with Crippen LogP contribution in [0.2, 0.25) is 0 Å². The van der Waals surface area contributed by atoms with Crippen molar-refractivity contribution in [3.8, 4) is 0 Å². The third-order valence-corrected chi connectivity index (χ3v) is 6.27. The summed E-state index contributed by atoms with van der Waals surface area (Å²) in [6.45, 7) is 3.85. The number of rotatable bonds is 4. The van der Waals surface area contributed by atoms with Crippen LogP contribution in [0.25, 0.3) is 10.9 Å². The van der Waals surface area contributed by atoms with Crippen molar-refractivity contribution in [1.82, 2.24) is 9.88 Å². The molecule has 0 amide bonds. The molecule has 2 heterocycles. The predicted molar refractivity (Wildman–Crippen MR) is 116 cm³/mol. The fourth-order valence-electron chi connectivity index (χ4n) is 3.35. The van der Waals surface area contributed by atoms with Crippen molar-refractivity contribution in [2.24, 2.45) is 0 Å². The lowest BCUT2D eigenvalue weighted by Gasteiger charge is -2.34. The van der Waals surface area contributed by atoms with Gasteiger partial charge in [-0.1, -0.05) is 18.2 Å². The number of nitrogens with one attached hydrogen (secondary N) is 1. The average Bonchev–Trinajstić information content (AvgIpc) is 2.70. The second-order valence-electron chi connectivity index (χ2n) is 6.74. The Balaban J connectivity index is 0.00000225. The van der Waals surface area contributed by atoms with Crippen LogP contribution >= 0.6 is 12.4 Å². The lowest BCUT2D eigenvalue weighted by atomic mass is 10.1. The molecule has 8 heteroatoms. The number of hydrogen-bond acceptors (Lipinski definition) is 5. The van der Waals surface area contributed by atoms with Crippen LogP contribution in [0.1, 0.15) is 0 Å². The van der Waals surface area contributed by atoms with Gasteiger partial charge in [0.2, 0.25) is 0 Å². The fraction of sp³-hybridized carbons (Fsp3) is 0.250. The van der Waals surface area contributed by atoms with Crippen LogP contribution in [0.3, 0.4) is 0 Å². The molecule has 28 heavy (non-hydrogen) atoms. The minimum Gasteiger partial charge on any atom is -0.367 e. The Morgan fingerprint density at radius 2 is 1.64 bits per heavy atom. The molecule has 148 valence electrons. The third kappa shape index (κ3) is 4.06. The minimum atomic E-state index is -3.65. The summed E-state index contributed by atoms with van der Waals surface area (Å²) < 4.78 is 28.2. The summed E-state index contributed by atoms with van der Waals surface area (Å²) in [6, 6.07) is 15.9. The minimum absolute atomic E-state index is 0. The molecule has 1 N–H and O–H groups in total. The molecule has 1 aliphatic heterocycles. The van der Waals surface area contributed by atoms with Gasteiger partial charge in [0, 0.05) is 37.8 Å². The lowest BCUT2D eigenvalue weighted by Crippen LogP contribution is -2.44. The molecule has 1 fully saturated rings. The van der Waals surface area contributed by atoms with Gasteiger partial charge in [0.1, 0.15) is 0 Å². The summed E-state index contributed by atoms with van der Waals surface area (Å²) in [5.74, 6) is 0. The Hall–Kier alpha value is -2.35. The molecule has 1 aromatic heterocycles. The van der Waals surface area contributed by atoms with Crippen LogP contribution in [0.5, 0.6) is 0 Å². The van der Waals surface area contributed by atoms with E-state index >= 15 is 0 Å². The van der Waals surface area contributed by atoms with Crippen LogP contribution in [-0.2, 0) is 10.0 Å². The van der Waals surface area contributed by atoms with Gasteiger partial charge in [0.25, 0.3) is 10.0 Å². The van der Waals surface area contributed by atoms with E-state index in [4.69, 9.17) is 0 Å². The van der Waals surface area contributed by atoms with Gasteiger partial charge in [-0.05, 0) is 43.4 Å². The maximum absolute atomic E-state index is 12.7. The van der Waals surface area contributed by atoms with Gasteiger partial charge < -0.3 is 9.80 Å². The van der Waals surface area contributed by atoms with E-state index in [2.05, 4.69) is 26.6 Å². The van der Waals surface area contributed by atoms with Gasteiger partial charge in [-0.15, -0.1) is 12.4 Å². The van der Waals surface area contributed by atoms with Crippen LogP contribution in [-0.4, -0.2) is 51.5 Å². The van der Waals surface area contributed by atoms with Crippen LogP contribution in [0.4, 0.5) is 11.4 Å². The molecule has 1 saturated heterocycles. The van der Waals surface area contributed by atoms with Crippen molar-refractivity contribution in [3.63, 3.8) is 0 Å². The Kier molecular flexibility index (Phi) is 6.07. The lowest BCUT2D eigenvalue weighted by molar-refractivity contribution is 0.313. The molecule has 0 aliphatic carbocycles. The van der Waals surface area contributed by atoms with E-state index in [1.165, 1.54) is 0 Å². The molecular formula is C20H23ClN4O2S. The molecule has 6 nitrogen and oxygen atoms in total. The highest BCUT2D eigenvalue weighted by atomic mass is 35.5. The first kappa shape index (κ1) is 20.4. The number of anilines is 2. The molecule has 1 aliphatic rings. The van der Waals surface area contributed by atoms with Gasteiger partial charge in [-0.2, -0.15) is 0 Å². The SMILES string of the molecule is CN1CCN(c2ccc(NS(=O)(=O)c3ccccc3)c3cccnc23)CC1.Cl. The topological polar surface area (TPSA) is 65.5 Å². The van der Waals surface area contributed by atoms with E-state index in [1.807, 2.05) is 24.3 Å². The van der Waals surface area contributed by atoms with E-state index in [-0.39, 0.29) is 17.3 Å². The highest BCUT2D eigenvalue weighted by molar-refractivity contribution is 7.92. The zero-order valence-electron chi connectivity index (χ0n) is 15.6. The highest BCUT2D eigenvalue weighted by Gasteiger charge is 2.20. The third-order valence-electron chi connectivity index (χ3n) is 4.89. The molecular weight excluding hydrogens is 396 g/mol. The van der Waals surface area contributed by atoms with Crippen molar-refractivity contribution in [3.05, 3.63) is 60.8 Å². The second-order valence-corrected chi connectivity index (χ2v) is 8.42. The number of likely N-dealkylation sites (N-methyl/N-ethyl adjacent to an activating group) is 1. The zero-order valence-corrected chi connectivity index (χ0v) is 17.2. The maximum atomic E-state index is 12.7. The first-order valence-corrected chi connectivity index (χ1v) is 10.4. The number of halogens is 1. The first-order chi connectivity index (χ1) is 13.0. The van der Waals surface area contributed by atoms with Crippen molar-refractivity contribution in [2.75, 3.05) is 42.8 Å². The Bertz CT molecular complexity index is 1050. The summed E-state index contributed by atoms with van der Waals surface area (Å²) in [4.78, 5) is 9.40. The summed E-state index contributed by atoms with van der Waals surface area (Å²) in [5.41, 5.74) is 2.40. The Labute approximate surface area is 171 Å². The summed E-state index contributed by atoms with van der Waals surface area (Å²) in [5, 5.41) is 0.799. The fourth-order valence-corrected chi connectivity index (χ4v) is 4.45. The smallest absolute Gasteiger partial charge is 0.261 e. The molecule has 0 atom stereocenters. The predicted octanol–water partition coefficient (Wildman–Crippen LogP) is 3.21. The molecule has 4 rings (SSSR count). The average molecular weight is 419 g/mol. The Morgan fingerprint density at radius 3 is 2.36 bits per heavy atom. The first-order valence-electron chi connectivity index (χ1n) is 8.94. The number of pyridine rings is 1. The normalized spacial score (nSPS) is 15.2. The largest absolute Gasteiger partial charge is 0.367 e. The molecule has 0 unspecified atom stereocenters. The molecule has 0 radical (unpaired) electrons.